The van der Waals surface area contributed by atoms with Crippen LogP contribution in [0.4, 0.5) is 4.79 Å². The van der Waals surface area contributed by atoms with E-state index in [0.29, 0.717) is 6.61 Å². The van der Waals surface area contributed by atoms with Crippen molar-refractivity contribution in [2.24, 2.45) is 0 Å². The Balaban J connectivity index is 0.00000169. The van der Waals surface area contributed by atoms with Gasteiger partial charge in [0.1, 0.15) is 18.7 Å². The first-order valence-electron chi connectivity index (χ1n) is 4.64. The molecular weight excluding hydrogens is 204 g/mol. The minimum atomic E-state index is -0.293. The van der Waals surface area contributed by atoms with Crippen LogP contribution in [0.5, 0.6) is 0 Å². The van der Waals surface area contributed by atoms with Gasteiger partial charge in [-0.3, -0.25) is 0 Å². The number of nitrogens with one attached hydrogen (secondary N) is 1. The van der Waals surface area contributed by atoms with Gasteiger partial charge in [-0.25, -0.2) is 4.79 Å². The molecule has 0 aliphatic carbocycles. The Morgan fingerprint density at radius 1 is 1.57 bits per heavy atom. The average Bonchev–Trinajstić information content (AvgIpc) is 2.30. The minimum Gasteiger partial charge on any atom is -1.00 e. The predicted octanol–water partition coefficient (Wildman–Crippen LogP) is -2.41. The summed E-state index contributed by atoms with van der Waals surface area (Å²) in [6.07, 6.45) is -0.293. The molecule has 1 amide bonds. The fraction of sp³-hybridized carbons (Fsp3) is 0.889. The number of ether oxygens (including phenoxy) is 1. The van der Waals surface area contributed by atoms with E-state index >= 15 is 0 Å². The summed E-state index contributed by atoms with van der Waals surface area (Å²) in [5.41, 5.74) is -0.198. The molecule has 0 bridgehead atoms. The SMILES string of the molecule is CC[N+](C)(C)CC1(C)COC(=O)N1.[Cl-]. The third-order valence-corrected chi connectivity index (χ3v) is 2.56. The van der Waals surface area contributed by atoms with Crippen molar-refractivity contribution in [1.29, 1.82) is 0 Å². The van der Waals surface area contributed by atoms with Crippen LogP contribution >= 0.6 is 0 Å². The van der Waals surface area contributed by atoms with Crippen LogP contribution < -0.4 is 17.7 Å². The molecule has 1 aliphatic heterocycles. The third kappa shape index (κ3) is 3.35. The van der Waals surface area contributed by atoms with Gasteiger partial charge in [0.25, 0.3) is 0 Å². The second-order valence-corrected chi connectivity index (χ2v) is 4.67. The van der Waals surface area contributed by atoms with E-state index in [4.69, 9.17) is 4.74 Å². The van der Waals surface area contributed by atoms with Crippen molar-refractivity contribution in [1.82, 2.24) is 5.32 Å². The van der Waals surface area contributed by atoms with Gasteiger partial charge in [0.05, 0.1) is 20.6 Å². The van der Waals surface area contributed by atoms with Gasteiger partial charge in [-0.1, -0.05) is 0 Å². The number of hydrogen-bond acceptors (Lipinski definition) is 2. The van der Waals surface area contributed by atoms with Crippen molar-refractivity contribution < 1.29 is 26.4 Å². The van der Waals surface area contributed by atoms with E-state index in [9.17, 15) is 4.79 Å². The van der Waals surface area contributed by atoms with Crippen molar-refractivity contribution in [2.45, 2.75) is 19.4 Å². The smallest absolute Gasteiger partial charge is 0.407 e. The Kier molecular flexibility index (Phi) is 4.21. The minimum absolute atomic E-state index is 0. The Morgan fingerprint density at radius 2 is 2.14 bits per heavy atom. The normalized spacial score (nSPS) is 26.4. The highest BCUT2D eigenvalue weighted by atomic mass is 35.5. The molecular formula is C9H19ClN2O2. The monoisotopic (exact) mass is 222 g/mol. The van der Waals surface area contributed by atoms with Gasteiger partial charge >= 0.3 is 6.09 Å². The number of carbonyl (C=O) groups excluding carboxylic acids is 1. The maximum Gasteiger partial charge on any atom is 0.407 e. The number of alkyl carbamates (subject to hydrolysis) is 1. The van der Waals surface area contributed by atoms with E-state index in [-0.39, 0.29) is 24.0 Å². The summed E-state index contributed by atoms with van der Waals surface area (Å²) in [7, 11) is 4.30. The summed E-state index contributed by atoms with van der Waals surface area (Å²) in [5.74, 6) is 0. The van der Waals surface area contributed by atoms with Crippen LogP contribution in [0.3, 0.4) is 0 Å². The number of nitrogens with zero attached hydrogens (tertiary/aromatic N) is 1. The summed E-state index contributed by atoms with van der Waals surface area (Å²) in [6, 6.07) is 0. The molecule has 0 saturated carbocycles. The molecule has 84 valence electrons. The summed E-state index contributed by atoms with van der Waals surface area (Å²) in [6.45, 7) is 6.59. The number of hydrogen-bond donors (Lipinski definition) is 1. The van der Waals surface area contributed by atoms with Gasteiger partial charge in [-0.05, 0) is 13.8 Å². The van der Waals surface area contributed by atoms with Gasteiger partial charge in [0.2, 0.25) is 0 Å². The highest BCUT2D eigenvalue weighted by Gasteiger charge is 2.40. The van der Waals surface area contributed by atoms with Gasteiger partial charge in [0.15, 0.2) is 0 Å². The van der Waals surface area contributed by atoms with Crippen LogP contribution in [-0.2, 0) is 4.74 Å². The molecule has 1 unspecified atom stereocenters. The molecule has 1 atom stereocenters. The lowest BCUT2D eigenvalue weighted by Crippen LogP contribution is -3.00. The molecule has 4 nitrogen and oxygen atoms in total. The van der Waals surface area contributed by atoms with Crippen molar-refractivity contribution in [3.05, 3.63) is 0 Å². The van der Waals surface area contributed by atoms with E-state index in [2.05, 4.69) is 26.3 Å². The molecule has 14 heavy (non-hydrogen) atoms. The van der Waals surface area contributed by atoms with E-state index in [1.165, 1.54) is 0 Å². The van der Waals surface area contributed by atoms with E-state index in [1.807, 2.05) is 6.92 Å². The standard InChI is InChI=1S/C9H18N2O2.ClH/c1-5-11(3,4)6-9(2)7-13-8(12)10-9;/h5-7H2,1-4H3;1H. The molecule has 0 aromatic carbocycles. The molecule has 0 aromatic heterocycles. The second-order valence-electron chi connectivity index (χ2n) is 4.67. The predicted molar refractivity (Wildman–Crippen MR) is 50.4 cm³/mol. The van der Waals surface area contributed by atoms with Crippen LogP contribution in [0.1, 0.15) is 13.8 Å². The zero-order valence-electron chi connectivity index (χ0n) is 9.26. The highest BCUT2D eigenvalue weighted by Crippen LogP contribution is 2.16. The Hall–Kier alpha value is -0.480. The van der Waals surface area contributed by atoms with Crippen LogP contribution in [0.2, 0.25) is 0 Å². The zero-order chi connectivity index (χ0) is 10.1. The largest absolute Gasteiger partial charge is 1.00 e. The van der Waals surface area contributed by atoms with Gasteiger partial charge in [-0.2, -0.15) is 0 Å². The fourth-order valence-corrected chi connectivity index (χ4v) is 1.69. The van der Waals surface area contributed by atoms with Crippen molar-refractivity contribution in [3.8, 4) is 0 Å². The molecule has 0 radical (unpaired) electrons. The Labute approximate surface area is 91.6 Å². The lowest BCUT2D eigenvalue weighted by molar-refractivity contribution is -0.892. The lowest BCUT2D eigenvalue weighted by atomic mass is 10.0. The summed E-state index contributed by atoms with van der Waals surface area (Å²) < 4.78 is 5.79. The Bertz CT molecular complexity index is 221. The molecule has 1 rings (SSSR count). The number of amides is 1. The molecule has 5 heteroatoms. The molecule has 0 aromatic rings. The highest BCUT2D eigenvalue weighted by molar-refractivity contribution is 5.70. The molecule has 1 saturated heterocycles. The van der Waals surface area contributed by atoms with Crippen LogP contribution in [-0.4, -0.2) is 49.9 Å². The number of likely N-dealkylation sites (N-methyl/N-ethyl adjacent to an activating group) is 1. The van der Waals surface area contributed by atoms with Gasteiger partial charge < -0.3 is 26.9 Å². The second kappa shape index (κ2) is 4.36. The van der Waals surface area contributed by atoms with E-state index in [0.717, 1.165) is 17.6 Å². The number of halogens is 1. The van der Waals surface area contributed by atoms with Crippen LogP contribution in [0, 0.1) is 0 Å². The maximum atomic E-state index is 10.9. The molecule has 1 N–H and O–H groups in total. The van der Waals surface area contributed by atoms with Crippen molar-refractivity contribution >= 4 is 6.09 Å². The lowest BCUT2D eigenvalue weighted by Gasteiger charge is -2.35. The summed E-state index contributed by atoms with van der Waals surface area (Å²) in [5, 5.41) is 2.84. The summed E-state index contributed by atoms with van der Waals surface area (Å²) >= 11 is 0. The summed E-state index contributed by atoms with van der Waals surface area (Å²) in [4.78, 5) is 10.9. The van der Waals surface area contributed by atoms with Gasteiger partial charge in [0, 0.05) is 0 Å². The topological polar surface area (TPSA) is 38.3 Å². The van der Waals surface area contributed by atoms with Crippen molar-refractivity contribution in [3.63, 3.8) is 0 Å². The van der Waals surface area contributed by atoms with E-state index in [1.54, 1.807) is 0 Å². The number of rotatable bonds is 3. The maximum absolute atomic E-state index is 10.9. The van der Waals surface area contributed by atoms with Crippen LogP contribution in [0.15, 0.2) is 0 Å². The molecule has 1 heterocycles. The first kappa shape index (κ1) is 13.5. The first-order valence-corrected chi connectivity index (χ1v) is 4.64. The molecule has 1 aliphatic rings. The average molecular weight is 223 g/mol. The number of carbonyl (C=O) groups is 1. The number of quaternary nitrogens is 1. The van der Waals surface area contributed by atoms with E-state index < -0.39 is 0 Å². The first-order chi connectivity index (χ1) is 5.87. The number of cyclic esters (lactones) is 1. The van der Waals surface area contributed by atoms with Gasteiger partial charge in [-0.15, -0.1) is 0 Å². The Morgan fingerprint density at radius 3 is 2.50 bits per heavy atom. The third-order valence-electron chi connectivity index (χ3n) is 2.56. The fourth-order valence-electron chi connectivity index (χ4n) is 1.69. The zero-order valence-corrected chi connectivity index (χ0v) is 10.0. The van der Waals surface area contributed by atoms with Crippen LogP contribution in [0.25, 0.3) is 0 Å². The molecule has 1 fully saturated rings. The quantitative estimate of drug-likeness (QED) is 0.540. The molecule has 0 spiro atoms. The van der Waals surface area contributed by atoms with Crippen molar-refractivity contribution in [2.75, 3.05) is 33.8 Å².